The van der Waals surface area contributed by atoms with Crippen LogP contribution >= 0.6 is 11.8 Å². The van der Waals surface area contributed by atoms with Crippen LogP contribution in [0, 0.1) is 5.92 Å². The van der Waals surface area contributed by atoms with E-state index in [1.165, 1.54) is 16.3 Å². The minimum Gasteiger partial charge on any atom is -0.481 e. The molecule has 0 heterocycles. The van der Waals surface area contributed by atoms with Crippen LogP contribution in [-0.4, -0.2) is 35.4 Å². The van der Waals surface area contributed by atoms with Gasteiger partial charge in [0.1, 0.15) is 0 Å². The second-order valence-corrected chi connectivity index (χ2v) is 8.08. The van der Waals surface area contributed by atoms with Gasteiger partial charge in [-0.15, -0.1) is 0 Å². The maximum Gasteiger partial charge on any atom is 0.315 e. The molecule has 0 spiro atoms. The minimum atomic E-state index is -0.721. The lowest BCUT2D eigenvalue weighted by molar-refractivity contribution is -0.142. The van der Waals surface area contributed by atoms with E-state index >= 15 is 0 Å². The number of carbonyl (C=O) groups is 2. The summed E-state index contributed by atoms with van der Waals surface area (Å²) in [6.07, 6.45) is 2.75. The fourth-order valence-electron chi connectivity index (χ4n) is 3.56. The molecule has 144 valence electrons. The summed E-state index contributed by atoms with van der Waals surface area (Å²) < 4.78 is 0. The number of carboxylic acids is 1. The molecule has 2 amide bonds. The number of hydrogen-bond donors (Lipinski definition) is 3. The molecule has 0 aliphatic heterocycles. The van der Waals surface area contributed by atoms with Crippen molar-refractivity contribution in [2.24, 2.45) is 5.92 Å². The molecule has 0 saturated heterocycles. The van der Waals surface area contributed by atoms with Gasteiger partial charge >= 0.3 is 12.0 Å². The third kappa shape index (κ3) is 5.63. The van der Waals surface area contributed by atoms with Crippen molar-refractivity contribution < 1.29 is 14.7 Å². The highest BCUT2D eigenvalue weighted by Crippen LogP contribution is 2.24. The molecule has 1 fully saturated rings. The van der Waals surface area contributed by atoms with Gasteiger partial charge in [-0.05, 0) is 42.0 Å². The number of benzene rings is 2. The molecule has 2 aromatic carbocycles. The number of carbonyl (C=O) groups excluding carboxylic acids is 1. The second-order valence-electron chi connectivity index (χ2n) is 6.98. The van der Waals surface area contributed by atoms with Crippen LogP contribution in [0.25, 0.3) is 10.8 Å². The van der Waals surface area contributed by atoms with Crippen molar-refractivity contribution in [3.05, 3.63) is 48.0 Å². The highest BCUT2D eigenvalue weighted by atomic mass is 32.2. The third-order valence-corrected chi connectivity index (χ3v) is 6.09. The first-order valence-electron chi connectivity index (χ1n) is 9.45. The molecule has 5 nitrogen and oxygen atoms in total. The van der Waals surface area contributed by atoms with Crippen molar-refractivity contribution in [2.45, 2.75) is 37.5 Å². The summed E-state index contributed by atoms with van der Waals surface area (Å²) >= 11 is 1.80. The molecule has 0 atom stereocenters. The van der Waals surface area contributed by atoms with Gasteiger partial charge in [-0.25, -0.2) is 4.79 Å². The molecule has 2 aromatic rings. The van der Waals surface area contributed by atoms with Crippen molar-refractivity contribution in [3.8, 4) is 0 Å². The van der Waals surface area contributed by atoms with E-state index < -0.39 is 5.97 Å². The first-order chi connectivity index (χ1) is 13.1. The maximum absolute atomic E-state index is 12.0. The Morgan fingerprint density at radius 2 is 1.78 bits per heavy atom. The minimum absolute atomic E-state index is 0.0870. The van der Waals surface area contributed by atoms with Crippen LogP contribution in [-0.2, 0) is 10.5 Å². The number of carboxylic acid groups (broad SMARTS) is 1. The Labute approximate surface area is 163 Å². The number of amides is 2. The van der Waals surface area contributed by atoms with Crippen LogP contribution in [0.5, 0.6) is 0 Å². The van der Waals surface area contributed by atoms with E-state index in [1.807, 2.05) is 0 Å². The second kappa shape index (κ2) is 9.65. The van der Waals surface area contributed by atoms with Crippen LogP contribution in [0.4, 0.5) is 4.79 Å². The number of aliphatic carboxylic acids is 1. The normalized spacial score (nSPS) is 19.6. The SMILES string of the molecule is O=C(NCCSCc1cccc2ccccc12)NC1CCC(C(=O)O)CC1. The predicted molar refractivity (Wildman–Crippen MR) is 110 cm³/mol. The topological polar surface area (TPSA) is 78.4 Å². The van der Waals surface area contributed by atoms with Gasteiger partial charge in [-0.1, -0.05) is 42.5 Å². The Hall–Kier alpha value is -2.21. The molecule has 1 aliphatic rings. The highest BCUT2D eigenvalue weighted by Gasteiger charge is 2.26. The van der Waals surface area contributed by atoms with E-state index in [0.717, 1.165) is 24.3 Å². The molecule has 0 aromatic heterocycles. The summed E-state index contributed by atoms with van der Waals surface area (Å²) in [6, 6.07) is 14.7. The Morgan fingerprint density at radius 3 is 2.56 bits per heavy atom. The predicted octanol–water partition coefficient (Wildman–Crippen LogP) is 4.02. The summed E-state index contributed by atoms with van der Waals surface area (Å²) in [5.74, 6) is 0.796. The Morgan fingerprint density at radius 1 is 1.04 bits per heavy atom. The van der Waals surface area contributed by atoms with Crippen LogP contribution < -0.4 is 10.6 Å². The fraction of sp³-hybridized carbons (Fsp3) is 0.429. The van der Waals surface area contributed by atoms with Gasteiger partial charge in [0.25, 0.3) is 0 Å². The molecule has 0 bridgehead atoms. The lowest BCUT2D eigenvalue weighted by Gasteiger charge is -2.26. The van der Waals surface area contributed by atoms with Gasteiger partial charge < -0.3 is 15.7 Å². The highest BCUT2D eigenvalue weighted by molar-refractivity contribution is 7.98. The summed E-state index contributed by atoms with van der Waals surface area (Å²) in [4.78, 5) is 22.9. The third-order valence-electron chi connectivity index (χ3n) is 5.08. The average molecular weight is 387 g/mol. The van der Waals surface area contributed by atoms with E-state index in [0.29, 0.717) is 19.4 Å². The van der Waals surface area contributed by atoms with E-state index in [9.17, 15) is 9.59 Å². The maximum atomic E-state index is 12.0. The zero-order valence-electron chi connectivity index (χ0n) is 15.3. The van der Waals surface area contributed by atoms with Crippen molar-refractivity contribution in [3.63, 3.8) is 0 Å². The summed E-state index contributed by atoms with van der Waals surface area (Å²) in [7, 11) is 0. The van der Waals surface area contributed by atoms with Crippen LogP contribution in [0.3, 0.4) is 0 Å². The molecular weight excluding hydrogens is 360 g/mol. The summed E-state index contributed by atoms with van der Waals surface area (Å²) in [5.41, 5.74) is 1.32. The Bertz CT molecular complexity index is 783. The molecule has 3 N–H and O–H groups in total. The molecule has 1 aliphatic carbocycles. The van der Waals surface area contributed by atoms with Crippen molar-refractivity contribution in [2.75, 3.05) is 12.3 Å². The Kier molecular flexibility index (Phi) is 6.98. The molecule has 0 radical (unpaired) electrons. The number of fused-ring (bicyclic) bond motifs is 1. The first kappa shape index (κ1) is 19.5. The van der Waals surface area contributed by atoms with Crippen LogP contribution in [0.2, 0.25) is 0 Å². The average Bonchev–Trinajstić information content (AvgIpc) is 2.68. The number of nitrogens with one attached hydrogen (secondary N) is 2. The smallest absolute Gasteiger partial charge is 0.315 e. The van der Waals surface area contributed by atoms with Crippen molar-refractivity contribution in [1.82, 2.24) is 10.6 Å². The molecule has 1 saturated carbocycles. The van der Waals surface area contributed by atoms with Gasteiger partial charge in [0.15, 0.2) is 0 Å². The largest absolute Gasteiger partial charge is 0.481 e. The van der Waals surface area contributed by atoms with Crippen LogP contribution in [0.1, 0.15) is 31.2 Å². The van der Waals surface area contributed by atoms with Crippen molar-refractivity contribution >= 4 is 34.5 Å². The standard InChI is InChI=1S/C21H26N2O3S/c24-20(25)16-8-10-18(11-9-16)23-21(26)22-12-13-27-14-17-6-3-5-15-4-1-2-7-19(15)17/h1-7,16,18H,8-14H2,(H,24,25)(H2,22,23,26). The summed E-state index contributed by atoms with van der Waals surface area (Å²) in [6.45, 7) is 0.617. The van der Waals surface area contributed by atoms with Crippen LogP contribution in [0.15, 0.2) is 42.5 Å². The zero-order chi connectivity index (χ0) is 19.1. The summed E-state index contributed by atoms with van der Waals surface area (Å²) in [5, 5.41) is 17.4. The van der Waals surface area contributed by atoms with E-state index in [2.05, 4.69) is 53.1 Å². The fourth-order valence-corrected chi connectivity index (χ4v) is 4.42. The van der Waals surface area contributed by atoms with Gasteiger partial charge in [0, 0.05) is 24.1 Å². The quantitative estimate of drug-likeness (QED) is 0.628. The molecule has 27 heavy (non-hydrogen) atoms. The number of hydrogen-bond acceptors (Lipinski definition) is 3. The number of urea groups is 1. The monoisotopic (exact) mass is 386 g/mol. The van der Waals surface area contributed by atoms with E-state index in [-0.39, 0.29) is 18.0 Å². The lowest BCUT2D eigenvalue weighted by atomic mass is 9.86. The Balaban J connectivity index is 1.33. The molecular formula is C21H26N2O3S. The van der Waals surface area contributed by atoms with Gasteiger partial charge in [0.2, 0.25) is 0 Å². The molecule has 0 unspecified atom stereocenters. The lowest BCUT2D eigenvalue weighted by Crippen LogP contribution is -2.44. The number of rotatable bonds is 7. The van der Waals surface area contributed by atoms with E-state index in [4.69, 9.17) is 5.11 Å². The molecule has 3 rings (SSSR count). The van der Waals surface area contributed by atoms with Crippen molar-refractivity contribution in [1.29, 1.82) is 0 Å². The van der Waals surface area contributed by atoms with Gasteiger partial charge in [-0.3, -0.25) is 4.79 Å². The molecule has 6 heteroatoms. The van der Waals surface area contributed by atoms with E-state index in [1.54, 1.807) is 11.8 Å². The first-order valence-corrected chi connectivity index (χ1v) is 10.6. The van der Waals surface area contributed by atoms with Gasteiger partial charge in [-0.2, -0.15) is 11.8 Å². The zero-order valence-corrected chi connectivity index (χ0v) is 16.1. The number of thioether (sulfide) groups is 1. The van der Waals surface area contributed by atoms with Gasteiger partial charge in [0.05, 0.1) is 5.92 Å².